The predicted molar refractivity (Wildman–Crippen MR) is 86.2 cm³/mol. The van der Waals surface area contributed by atoms with Gasteiger partial charge >= 0.3 is 0 Å². The Balaban J connectivity index is 1.98. The Bertz CT molecular complexity index is 592. The number of carbonyl (C=O) groups is 2. The summed E-state index contributed by atoms with van der Waals surface area (Å²) >= 11 is 12.3. The molecular formula is C13H13ClN2O2S2. The largest absolute Gasteiger partial charge is 0.326 e. The van der Waals surface area contributed by atoms with Gasteiger partial charge in [-0.05, 0) is 24.6 Å². The Morgan fingerprint density at radius 1 is 1.55 bits per heavy atom. The lowest BCUT2D eigenvalue weighted by molar-refractivity contribution is -0.127. The molecule has 0 aliphatic carbocycles. The minimum atomic E-state index is -0.437. The maximum absolute atomic E-state index is 11.9. The summed E-state index contributed by atoms with van der Waals surface area (Å²) < 4.78 is 0.506. The van der Waals surface area contributed by atoms with Gasteiger partial charge in [0.1, 0.15) is 4.32 Å². The van der Waals surface area contributed by atoms with Gasteiger partial charge in [0.05, 0.1) is 5.25 Å². The first-order valence-corrected chi connectivity index (χ1v) is 7.59. The standard InChI is InChI=1S/C13H13ClN2O2S2/c1-7-3-4-8(5-9(7)14)15-11(17)6-10-12(18)16(2)13(19)20-10/h3-5,10H,6H2,1-2H3,(H,15,17). The number of thiocarbonyl (C=S) groups is 1. The number of amides is 2. The van der Waals surface area contributed by atoms with Crippen molar-refractivity contribution >= 4 is 57.4 Å². The minimum absolute atomic E-state index is 0.0967. The number of nitrogens with zero attached hydrogens (tertiary/aromatic N) is 1. The molecule has 1 fully saturated rings. The van der Waals surface area contributed by atoms with Crippen LogP contribution in [0, 0.1) is 6.92 Å². The second-order valence-electron chi connectivity index (χ2n) is 4.49. The van der Waals surface area contributed by atoms with Gasteiger partial charge in [0, 0.05) is 24.2 Å². The average Bonchev–Trinajstić information content (AvgIpc) is 2.61. The molecule has 7 heteroatoms. The molecule has 0 bridgehead atoms. The molecule has 106 valence electrons. The molecule has 2 rings (SSSR count). The number of halogens is 1. The first kappa shape index (κ1) is 15.3. The lowest BCUT2D eigenvalue weighted by atomic mass is 10.2. The fraction of sp³-hybridized carbons (Fsp3) is 0.308. The molecular weight excluding hydrogens is 316 g/mol. The van der Waals surface area contributed by atoms with Gasteiger partial charge < -0.3 is 5.32 Å². The molecule has 1 N–H and O–H groups in total. The summed E-state index contributed by atoms with van der Waals surface area (Å²) in [4.78, 5) is 25.2. The predicted octanol–water partition coefficient (Wildman–Crippen LogP) is 2.84. The van der Waals surface area contributed by atoms with Gasteiger partial charge in [0.15, 0.2) is 0 Å². The Kier molecular flexibility index (Phi) is 4.67. The minimum Gasteiger partial charge on any atom is -0.326 e. The van der Waals surface area contributed by atoms with Crippen LogP contribution >= 0.6 is 35.6 Å². The van der Waals surface area contributed by atoms with Crippen LogP contribution in [0.25, 0.3) is 0 Å². The van der Waals surface area contributed by atoms with Crippen molar-refractivity contribution in [2.75, 3.05) is 12.4 Å². The van der Waals surface area contributed by atoms with Gasteiger partial charge in [-0.25, -0.2) is 0 Å². The molecule has 1 saturated heterocycles. The van der Waals surface area contributed by atoms with Gasteiger partial charge in [-0.3, -0.25) is 14.5 Å². The van der Waals surface area contributed by atoms with E-state index in [1.54, 1.807) is 19.2 Å². The smallest absolute Gasteiger partial charge is 0.241 e. The third-order valence-electron chi connectivity index (χ3n) is 2.95. The lowest BCUT2D eigenvalue weighted by Gasteiger charge is -2.09. The van der Waals surface area contributed by atoms with Crippen LogP contribution in [0.1, 0.15) is 12.0 Å². The van der Waals surface area contributed by atoms with Crippen LogP contribution in [-0.4, -0.2) is 33.3 Å². The molecule has 2 amide bonds. The monoisotopic (exact) mass is 328 g/mol. The maximum atomic E-state index is 11.9. The zero-order valence-electron chi connectivity index (χ0n) is 11.0. The van der Waals surface area contributed by atoms with E-state index in [-0.39, 0.29) is 18.2 Å². The molecule has 0 saturated carbocycles. The van der Waals surface area contributed by atoms with Gasteiger partial charge in [0.25, 0.3) is 0 Å². The quantitative estimate of drug-likeness (QED) is 0.867. The van der Waals surface area contributed by atoms with Crippen LogP contribution in [0.15, 0.2) is 18.2 Å². The van der Waals surface area contributed by atoms with Crippen LogP contribution in [0.5, 0.6) is 0 Å². The van der Waals surface area contributed by atoms with Crippen molar-refractivity contribution in [3.05, 3.63) is 28.8 Å². The number of benzene rings is 1. The fourth-order valence-electron chi connectivity index (χ4n) is 1.74. The number of anilines is 1. The molecule has 4 nitrogen and oxygen atoms in total. The summed E-state index contributed by atoms with van der Waals surface area (Å²) in [7, 11) is 1.62. The van der Waals surface area contributed by atoms with Crippen LogP contribution in [-0.2, 0) is 9.59 Å². The highest BCUT2D eigenvalue weighted by Crippen LogP contribution is 2.28. The number of hydrogen-bond donors (Lipinski definition) is 1. The summed E-state index contributed by atoms with van der Waals surface area (Å²) in [6.07, 6.45) is 0.0967. The van der Waals surface area contributed by atoms with Crippen molar-refractivity contribution in [2.45, 2.75) is 18.6 Å². The number of thioether (sulfide) groups is 1. The molecule has 0 spiro atoms. The number of aryl methyl sites for hydroxylation is 1. The van der Waals surface area contributed by atoms with Crippen LogP contribution in [0.3, 0.4) is 0 Å². The topological polar surface area (TPSA) is 49.4 Å². The summed E-state index contributed by atoms with van der Waals surface area (Å²) in [6, 6.07) is 5.30. The molecule has 1 heterocycles. The fourth-order valence-corrected chi connectivity index (χ4v) is 3.34. The third kappa shape index (κ3) is 3.31. The molecule has 1 aliphatic rings. The highest BCUT2D eigenvalue weighted by Gasteiger charge is 2.35. The second-order valence-corrected chi connectivity index (χ2v) is 6.73. The van der Waals surface area contributed by atoms with E-state index in [9.17, 15) is 9.59 Å². The zero-order chi connectivity index (χ0) is 14.9. The highest BCUT2D eigenvalue weighted by molar-refractivity contribution is 8.24. The molecule has 1 aromatic rings. The summed E-state index contributed by atoms with van der Waals surface area (Å²) in [6.45, 7) is 1.89. The highest BCUT2D eigenvalue weighted by atomic mass is 35.5. The molecule has 20 heavy (non-hydrogen) atoms. The second kappa shape index (κ2) is 6.11. The van der Waals surface area contributed by atoms with E-state index >= 15 is 0 Å². The summed E-state index contributed by atoms with van der Waals surface area (Å²) in [5, 5.41) is 2.89. The number of nitrogens with one attached hydrogen (secondary N) is 1. The lowest BCUT2D eigenvalue weighted by Crippen LogP contribution is -2.29. The van der Waals surface area contributed by atoms with Crippen LogP contribution in [0.4, 0.5) is 5.69 Å². The molecule has 0 radical (unpaired) electrons. The number of hydrogen-bond acceptors (Lipinski definition) is 4. The van der Waals surface area contributed by atoms with Crippen molar-refractivity contribution in [2.24, 2.45) is 0 Å². The molecule has 0 aromatic heterocycles. The van der Waals surface area contributed by atoms with Crippen molar-refractivity contribution in [3.8, 4) is 0 Å². The van der Waals surface area contributed by atoms with E-state index < -0.39 is 5.25 Å². The first-order chi connectivity index (χ1) is 9.38. The van der Waals surface area contributed by atoms with E-state index in [2.05, 4.69) is 5.32 Å². The van der Waals surface area contributed by atoms with E-state index in [0.29, 0.717) is 15.0 Å². The van der Waals surface area contributed by atoms with E-state index in [0.717, 1.165) is 5.56 Å². The maximum Gasteiger partial charge on any atom is 0.241 e. The van der Waals surface area contributed by atoms with E-state index in [1.165, 1.54) is 16.7 Å². The van der Waals surface area contributed by atoms with Crippen molar-refractivity contribution < 1.29 is 9.59 Å². The number of carbonyl (C=O) groups excluding carboxylic acids is 2. The van der Waals surface area contributed by atoms with Gasteiger partial charge in [-0.1, -0.05) is 41.6 Å². The van der Waals surface area contributed by atoms with Crippen LogP contribution < -0.4 is 5.32 Å². The van der Waals surface area contributed by atoms with Crippen LogP contribution in [0.2, 0.25) is 5.02 Å². The number of rotatable bonds is 3. The Morgan fingerprint density at radius 3 is 2.80 bits per heavy atom. The average molecular weight is 329 g/mol. The van der Waals surface area contributed by atoms with Gasteiger partial charge in [-0.15, -0.1) is 0 Å². The summed E-state index contributed by atoms with van der Waals surface area (Å²) in [5.41, 5.74) is 1.56. The Labute approximate surface area is 131 Å². The SMILES string of the molecule is Cc1ccc(NC(=O)CC2SC(=S)N(C)C2=O)cc1Cl. The Hall–Kier alpha value is -1.11. The molecule has 1 unspecified atom stereocenters. The molecule has 1 aromatic carbocycles. The van der Waals surface area contributed by atoms with Gasteiger partial charge in [-0.2, -0.15) is 0 Å². The zero-order valence-corrected chi connectivity index (χ0v) is 13.4. The Morgan fingerprint density at radius 2 is 2.25 bits per heavy atom. The summed E-state index contributed by atoms with van der Waals surface area (Å²) in [5.74, 6) is -0.356. The van der Waals surface area contributed by atoms with Gasteiger partial charge in [0.2, 0.25) is 11.8 Å². The molecule has 1 aliphatic heterocycles. The van der Waals surface area contributed by atoms with Crippen molar-refractivity contribution in [1.29, 1.82) is 0 Å². The van der Waals surface area contributed by atoms with Crippen molar-refractivity contribution in [3.63, 3.8) is 0 Å². The molecule has 1 atom stereocenters. The normalized spacial score (nSPS) is 18.6. The third-order valence-corrected chi connectivity index (χ3v) is 5.05. The van der Waals surface area contributed by atoms with E-state index in [1.807, 2.05) is 13.0 Å². The first-order valence-electron chi connectivity index (χ1n) is 5.92. The van der Waals surface area contributed by atoms with E-state index in [4.69, 9.17) is 23.8 Å². The van der Waals surface area contributed by atoms with Crippen molar-refractivity contribution in [1.82, 2.24) is 4.90 Å².